The van der Waals surface area contributed by atoms with Crippen LogP contribution in [0.5, 0.6) is 0 Å². The number of benzene rings is 1. The van der Waals surface area contributed by atoms with Gasteiger partial charge in [-0.2, -0.15) is 5.53 Å². The minimum atomic E-state index is -1.03. The molecule has 0 radical (unpaired) electrons. The minimum absolute atomic E-state index is 0.131. The van der Waals surface area contributed by atoms with E-state index in [-0.39, 0.29) is 11.6 Å². The van der Waals surface area contributed by atoms with Crippen LogP contribution in [0.25, 0.3) is 10.4 Å². The van der Waals surface area contributed by atoms with Gasteiger partial charge in [-0.25, -0.2) is 4.79 Å². The number of rotatable bonds is 7. The van der Waals surface area contributed by atoms with E-state index >= 15 is 0 Å². The Bertz CT molecular complexity index is 628. The van der Waals surface area contributed by atoms with Crippen molar-refractivity contribution in [2.75, 3.05) is 17.3 Å². The molecular weight excluding hydrogens is 298 g/mol. The van der Waals surface area contributed by atoms with Crippen LogP contribution < -0.4 is 10.7 Å². The number of hydrogen-bond donors (Lipinski definition) is 4. The van der Waals surface area contributed by atoms with Gasteiger partial charge in [0.25, 0.3) is 0 Å². The third-order valence-electron chi connectivity index (χ3n) is 3.99. The molecular formula is C14H19N7O2. The number of carbonyl (C=O) groups is 1. The molecule has 1 fully saturated rings. The number of hydrogen-bond acceptors (Lipinski definition) is 5. The van der Waals surface area contributed by atoms with Crippen molar-refractivity contribution in [1.29, 1.82) is 5.53 Å². The fourth-order valence-electron chi connectivity index (χ4n) is 2.92. The predicted molar refractivity (Wildman–Crippen MR) is 85.6 cm³/mol. The Labute approximate surface area is 133 Å². The Morgan fingerprint density at radius 1 is 1.43 bits per heavy atom. The third kappa shape index (κ3) is 4.58. The molecule has 1 aromatic rings. The van der Waals surface area contributed by atoms with Gasteiger partial charge in [0, 0.05) is 17.5 Å². The first-order valence-corrected chi connectivity index (χ1v) is 7.41. The molecule has 0 aliphatic heterocycles. The van der Waals surface area contributed by atoms with Crippen molar-refractivity contribution in [2.45, 2.75) is 31.7 Å². The van der Waals surface area contributed by atoms with Crippen LogP contribution in [0.2, 0.25) is 0 Å². The van der Waals surface area contributed by atoms with E-state index in [0.717, 1.165) is 25.7 Å². The van der Waals surface area contributed by atoms with E-state index in [0.29, 0.717) is 23.8 Å². The summed E-state index contributed by atoms with van der Waals surface area (Å²) in [6.45, 7) is 0.500. The maximum absolute atomic E-state index is 11.0. The second-order valence-electron chi connectivity index (χ2n) is 5.58. The molecule has 122 valence electrons. The molecule has 1 aliphatic rings. The number of carboxylic acid groups (broad SMARTS) is 1. The van der Waals surface area contributed by atoms with Crippen molar-refractivity contribution in [3.63, 3.8) is 0 Å². The molecule has 4 N–H and O–H groups in total. The first-order valence-electron chi connectivity index (χ1n) is 7.41. The summed E-state index contributed by atoms with van der Waals surface area (Å²) in [5, 5.41) is 19.2. The maximum Gasteiger partial charge on any atom is 0.335 e. The summed E-state index contributed by atoms with van der Waals surface area (Å²) in [4.78, 5) is 13.8. The lowest BCUT2D eigenvalue weighted by molar-refractivity contribution is 0.0697. The summed E-state index contributed by atoms with van der Waals surface area (Å²) in [6, 6.07) is 4.85. The molecule has 9 heteroatoms. The molecule has 1 aromatic carbocycles. The normalized spacial score (nSPS) is 20.2. The smallest absolute Gasteiger partial charge is 0.335 e. The van der Waals surface area contributed by atoms with Crippen LogP contribution >= 0.6 is 0 Å². The average molecular weight is 317 g/mol. The van der Waals surface area contributed by atoms with Crippen molar-refractivity contribution in [2.24, 2.45) is 16.3 Å². The SMILES string of the molecule is [N-]=[N+]=NC[C@@H]1CCC[C@H](Nc2ccc(C(=O)O)cc2NN=N)C1. The van der Waals surface area contributed by atoms with Gasteiger partial charge < -0.3 is 10.4 Å². The second kappa shape index (κ2) is 8.00. The monoisotopic (exact) mass is 317 g/mol. The van der Waals surface area contributed by atoms with Gasteiger partial charge in [0.1, 0.15) is 0 Å². The van der Waals surface area contributed by atoms with Gasteiger partial charge >= 0.3 is 5.97 Å². The Kier molecular flexibility index (Phi) is 5.76. The van der Waals surface area contributed by atoms with E-state index in [1.807, 2.05) is 0 Å². The zero-order valence-corrected chi connectivity index (χ0v) is 12.6. The largest absolute Gasteiger partial charge is 0.478 e. The van der Waals surface area contributed by atoms with Crippen molar-refractivity contribution in [1.82, 2.24) is 0 Å². The molecule has 0 amide bonds. The first-order chi connectivity index (χ1) is 11.1. The topological polar surface area (TPSA) is 146 Å². The summed E-state index contributed by atoms with van der Waals surface area (Å²) in [7, 11) is 0. The number of nitrogens with zero attached hydrogens (tertiary/aromatic N) is 4. The van der Waals surface area contributed by atoms with Crippen molar-refractivity contribution < 1.29 is 9.90 Å². The van der Waals surface area contributed by atoms with Gasteiger partial charge in [-0.3, -0.25) is 5.43 Å². The molecule has 0 heterocycles. The highest BCUT2D eigenvalue weighted by Crippen LogP contribution is 2.30. The standard InChI is InChI=1S/C14H19N7O2/c15-20-17-8-9-2-1-3-11(6-9)18-12-5-4-10(14(22)23)7-13(12)19-21-16/h4-5,7,9,11,18H,1-3,6,8H2,(H2,16,19)(H,22,23)/t9-,11+/m1/s1. The Morgan fingerprint density at radius 2 is 2.26 bits per heavy atom. The second-order valence-corrected chi connectivity index (χ2v) is 5.58. The van der Waals surface area contributed by atoms with E-state index in [1.165, 1.54) is 12.1 Å². The summed E-state index contributed by atoms with van der Waals surface area (Å²) in [6.07, 6.45) is 3.96. The van der Waals surface area contributed by atoms with Crippen LogP contribution in [0.1, 0.15) is 36.0 Å². The molecule has 0 aromatic heterocycles. The van der Waals surface area contributed by atoms with Crippen molar-refractivity contribution in [3.05, 3.63) is 34.2 Å². The Hall–Kier alpha value is -2.80. The lowest BCUT2D eigenvalue weighted by Crippen LogP contribution is -2.28. The highest BCUT2D eigenvalue weighted by Gasteiger charge is 2.22. The molecule has 9 nitrogen and oxygen atoms in total. The molecule has 23 heavy (non-hydrogen) atoms. The molecule has 0 bridgehead atoms. The van der Waals surface area contributed by atoms with Gasteiger partial charge in [0.05, 0.1) is 16.9 Å². The van der Waals surface area contributed by atoms with Crippen LogP contribution in [0.4, 0.5) is 11.4 Å². The lowest BCUT2D eigenvalue weighted by atomic mass is 9.85. The van der Waals surface area contributed by atoms with Crippen LogP contribution in [0.15, 0.2) is 28.5 Å². The quantitative estimate of drug-likeness (QED) is 0.260. The molecule has 1 aliphatic carbocycles. The van der Waals surface area contributed by atoms with Crippen LogP contribution in [-0.4, -0.2) is 23.7 Å². The number of azide groups is 1. The fraction of sp³-hybridized carbons (Fsp3) is 0.500. The number of carboxylic acids is 1. The molecule has 2 rings (SSSR count). The lowest BCUT2D eigenvalue weighted by Gasteiger charge is -2.30. The molecule has 2 atom stereocenters. The van der Waals surface area contributed by atoms with Gasteiger partial charge in [-0.05, 0) is 42.5 Å². The van der Waals surface area contributed by atoms with Crippen molar-refractivity contribution in [3.8, 4) is 0 Å². The molecule has 1 saturated carbocycles. The minimum Gasteiger partial charge on any atom is -0.478 e. The fourth-order valence-corrected chi connectivity index (χ4v) is 2.92. The summed E-state index contributed by atoms with van der Waals surface area (Å²) in [5.74, 6) is -0.676. The summed E-state index contributed by atoms with van der Waals surface area (Å²) >= 11 is 0. The summed E-state index contributed by atoms with van der Waals surface area (Å²) < 4.78 is 0. The number of nitrogens with one attached hydrogen (secondary N) is 3. The van der Waals surface area contributed by atoms with Gasteiger partial charge in [0.2, 0.25) is 0 Å². The van der Waals surface area contributed by atoms with E-state index in [4.69, 9.17) is 16.2 Å². The van der Waals surface area contributed by atoms with Crippen LogP contribution in [-0.2, 0) is 0 Å². The van der Waals surface area contributed by atoms with Gasteiger partial charge in [-0.15, -0.1) is 0 Å². The Balaban J connectivity index is 2.10. The molecule has 0 saturated heterocycles. The zero-order chi connectivity index (χ0) is 16.7. The number of anilines is 2. The molecule has 0 unspecified atom stereocenters. The van der Waals surface area contributed by atoms with Crippen LogP contribution in [0, 0.1) is 11.4 Å². The predicted octanol–water partition coefficient (Wildman–Crippen LogP) is 4.02. The van der Waals surface area contributed by atoms with E-state index in [9.17, 15) is 4.79 Å². The Morgan fingerprint density at radius 3 is 2.96 bits per heavy atom. The summed E-state index contributed by atoms with van der Waals surface area (Å²) in [5.41, 5.74) is 19.2. The van der Waals surface area contributed by atoms with Crippen LogP contribution in [0.3, 0.4) is 0 Å². The average Bonchev–Trinajstić information content (AvgIpc) is 2.55. The number of aromatic carboxylic acids is 1. The third-order valence-corrected chi connectivity index (χ3v) is 3.99. The zero-order valence-electron chi connectivity index (χ0n) is 12.6. The highest BCUT2D eigenvalue weighted by atomic mass is 16.4. The van der Waals surface area contributed by atoms with Crippen molar-refractivity contribution >= 4 is 17.3 Å². The highest BCUT2D eigenvalue weighted by molar-refractivity contribution is 5.90. The maximum atomic E-state index is 11.0. The molecule has 0 spiro atoms. The first kappa shape index (κ1) is 16.6. The van der Waals surface area contributed by atoms with Gasteiger partial charge in [0.15, 0.2) is 0 Å². The van der Waals surface area contributed by atoms with E-state index < -0.39 is 5.97 Å². The van der Waals surface area contributed by atoms with Gasteiger partial charge in [-0.1, -0.05) is 23.2 Å². The van der Waals surface area contributed by atoms with E-state index in [1.54, 1.807) is 6.07 Å². The van der Waals surface area contributed by atoms with E-state index in [2.05, 4.69) is 26.0 Å².